The van der Waals surface area contributed by atoms with Gasteiger partial charge in [0.05, 0.1) is 13.7 Å². The number of hydrogen-bond acceptors (Lipinski definition) is 3. The standard InChI is InChI=1S/C19H23NO3/c1-13-4-5-15(14(2)10-13)6-9-19(22)20-17-7-8-18(23-3)16(11-17)12-21/h4-5,7-8,10-11,21H,6,9,12H2,1-3H3,(H,20,22). The molecule has 0 aliphatic heterocycles. The number of aliphatic hydroxyl groups excluding tert-OH is 1. The van der Waals surface area contributed by atoms with Crippen LogP contribution in [0.15, 0.2) is 36.4 Å². The third-order valence-corrected chi connectivity index (χ3v) is 3.85. The van der Waals surface area contributed by atoms with Crippen molar-refractivity contribution in [1.29, 1.82) is 0 Å². The number of aryl methyl sites for hydroxylation is 3. The Morgan fingerprint density at radius 1 is 1.13 bits per heavy atom. The number of benzene rings is 2. The molecule has 2 aromatic carbocycles. The van der Waals surface area contributed by atoms with Crippen LogP contribution in [0.25, 0.3) is 0 Å². The number of methoxy groups -OCH3 is 1. The van der Waals surface area contributed by atoms with Gasteiger partial charge in [-0.25, -0.2) is 0 Å². The number of hydrogen-bond donors (Lipinski definition) is 2. The van der Waals surface area contributed by atoms with E-state index < -0.39 is 0 Å². The number of ether oxygens (including phenoxy) is 1. The van der Waals surface area contributed by atoms with E-state index in [2.05, 4.69) is 37.4 Å². The van der Waals surface area contributed by atoms with Crippen molar-refractivity contribution in [3.05, 3.63) is 58.7 Å². The van der Waals surface area contributed by atoms with E-state index in [-0.39, 0.29) is 12.5 Å². The molecular formula is C19H23NO3. The van der Waals surface area contributed by atoms with Gasteiger partial charge in [0.2, 0.25) is 5.91 Å². The first-order chi connectivity index (χ1) is 11.0. The van der Waals surface area contributed by atoms with E-state index in [1.807, 2.05) is 0 Å². The fourth-order valence-corrected chi connectivity index (χ4v) is 2.58. The van der Waals surface area contributed by atoms with E-state index >= 15 is 0 Å². The Balaban J connectivity index is 1.97. The first-order valence-corrected chi connectivity index (χ1v) is 7.67. The van der Waals surface area contributed by atoms with Gasteiger partial charge in [-0.3, -0.25) is 4.79 Å². The van der Waals surface area contributed by atoms with Crippen molar-refractivity contribution in [3.63, 3.8) is 0 Å². The molecule has 2 aromatic rings. The number of anilines is 1. The van der Waals surface area contributed by atoms with Crippen LogP contribution in [0.3, 0.4) is 0 Å². The van der Waals surface area contributed by atoms with Crippen molar-refractivity contribution in [2.24, 2.45) is 0 Å². The van der Waals surface area contributed by atoms with Gasteiger partial charge in [0.15, 0.2) is 0 Å². The third kappa shape index (κ3) is 4.57. The molecule has 4 nitrogen and oxygen atoms in total. The van der Waals surface area contributed by atoms with E-state index in [0.29, 0.717) is 29.8 Å². The third-order valence-electron chi connectivity index (χ3n) is 3.85. The highest BCUT2D eigenvalue weighted by atomic mass is 16.5. The van der Waals surface area contributed by atoms with Gasteiger partial charge in [0, 0.05) is 17.7 Å². The van der Waals surface area contributed by atoms with Crippen LogP contribution < -0.4 is 10.1 Å². The largest absolute Gasteiger partial charge is 0.496 e. The van der Waals surface area contributed by atoms with Crippen molar-refractivity contribution in [3.8, 4) is 5.75 Å². The van der Waals surface area contributed by atoms with E-state index in [4.69, 9.17) is 4.74 Å². The maximum absolute atomic E-state index is 12.1. The second kappa shape index (κ2) is 7.79. The minimum Gasteiger partial charge on any atom is -0.496 e. The molecule has 0 bridgehead atoms. The highest BCUT2D eigenvalue weighted by Crippen LogP contribution is 2.22. The number of aliphatic hydroxyl groups is 1. The van der Waals surface area contributed by atoms with Crippen molar-refractivity contribution >= 4 is 11.6 Å². The van der Waals surface area contributed by atoms with Gasteiger partial charge in [0.1, 0.15) is 5.75 Å². The second-order valence-corrected chi connectivity index (χ2v) is 5.66. The summed E-state index contributed by atoms with van der Waals surface area (Å²) in [4.78, 5) is 12.1. The molecule has 2 rings (SSSR count). The molecule has 0 heterocycles. The molecule has 2 N–H and O–H groups in total. The summed E-state index contributed by atoms with van der Waals surface area (Å²) in [6.45, 7) is 4.00. The van der Waals surface area contributed by atoms with Crippen LogP contribution in [-0.2, 0) is 17.8 Å². The second-order valence-electron chi connectivity index (χ2n) is 5.66. The molecular weight excluding hydrogens is 290 g/mol. The summed E-state index contributed by atoms with van der Waals surface area (Å²) < 4.78 is 5.15. The number of rotatable bonds is 6. The number of amides is 1. The summed E-state index contributed by atoms with van der Waals surface area (Å²) >= 11 is 0. The smallest absolute Gasteiger partial charge is 0.224 e. The van der Waals surface area contributed by atoms with Crippen molar-refractivity contribution in [2.75, 3.05) is 12.4 Å². The van der Waals surface area contributed by atoms with Crippen LogP contribution in [0.4, 0.5) is 5.69 Å². The maximum Gasteiger partial charge on any atom is 0.224 e. The number of carbonyl (C=O) groups excluding carboxylic acids is 1. The quantitative estimate of drug-likeness (QED) is 0.859. The summed E-state index contributed by atoms with van der Waals surface area (Å²) in [5.41, 5.74) is 4.95. The van der Waals surface area contributed by atoms with Crippen LogP contribution in [0.5, 0.6) is 5.75 Å². The van der Waals surface area contributed by atoms with Crippen molar-refractivity contribution < 1.29 is 14.6 Å². The lowest BCUT2D eigenvalue weighted by Crippen LogP contribution is -2.13. The molecule has 0 fully saturated rings. The zero-order chi connectivity index (χ0) is 16.8. The Morgan fingerprint density at radius 2 is 1.91 bits per heavy atom. The molecule has 0 spiro atoms. The Bertz CT molecular complexity index is 695. The van der Waals surface area contributed by atoms with Gasteiger partial charge >= 0.3 is 0 Å². The minimum absolute atomic E-state index is 0.0426. The fraction of sp³-hybridized carbons (Fsp3) is 0.316. The molecule has 23 heavy (non-hydrogen) atoms. The van der Waals surface area contributed by atoms with Crippen LogP contribution in [-0.4, -0.2) is 18.1 Å². The number of carbonyl (C=O) groups is 1. The lowest BCUT2D eigenvalue weighted by atomic mass is 10.0. The Hall–Kier alpha value is -2.33. The molecule has 0 aliphatic rings. The van der Waals surface area contributed by atoms with Crippen LogP contribution in [0.1, 0.15) is 28.7 Å². The molecule has 0 radical (unpaired) electrons. The highest BCUT2D eigenvalue weighted by molar-refractivity contribution is 5.91. The molecule has 0 saturated heterocycles. The normalized spacial score (nSPS) is 10.4. The molecule has 1 amide bonds. The SMILES string of the molecule is COc1ccc(NC(=O)CCc2ccc(C)cc2C)cc1CO. The Morgan fingerprint density at radius 3 is 2.57 bits per heavy atom. The average molecular weight is 313 g/mol. The minimum atomic E-state index is -0.130. The fourth-order valence-electron chi connectivity index (χ4n) is 2.58. The summed E-state index contributed by atoms with van der Waals surface area (Å²) in [5.74, 6) is 0.569. The van der Waals surface area contributed by atoms with Crippen LogP contribution in [0, 0.1) is 13.8 Å². The van der Waals surface area contributed by atoms with Gasteiger partial charge in [-0.15, -0.1) is 0 Å². The molecule has 0 aromatic heterocycles. The lowest BCUT2D eigenvalue weighted by Gasteiger charge is -2.11. The monoisotopic (exact) mass is 313 g/mol. The van der Waals surface area contributed by atoms with Gasteiger partial charge < -0.3 is 15.2 Å². The number of nitrogens with one attached hydrogen (secondary N) is 1. The summed E-state index contributed by atoms with van der Waals surface area (Å²) in [7, 11) is 1.55. The zero-order valence-electron chi connectivity index (χ0n) is 13.8. The van der Waals surface area contributed by atoms with Gasteiger partial charge in [-0.05, 0) is 49.6 Å². The summed E-state index contributed by atoms with van der Waals surface area (Å²) in [6.07, 6.45) is 1.13. The summed E-state index contributed by atoms with van der Waals surface area (Å²) in [5, 5.41) is 12.2. The van der Waals surface area contributed by atoms with E-state index in [0.717, 1.165) is 0 Å². The van der Waals surface area contributed by atoms with E-state index in [1.165, 1.54) is 16.7 Å². The predicted molar refractivity (Wildman–Crippen MR) is 91.8 cm³/mol. The molecule has 4 heteroatoms. The maximum atomic E-state index is 12.1. The lowest BCUT2D eigenvalue weighted by molar-refractivity contribution is -0.116. The van der Waals surface area contributed by atoms with E-state index in [9.17, 15) is 9.90 Å². The molecule has 0 aliphatic carbocycles. The molecule has 122 valence electrons. The Labute approximate surface area is 137 Å². The summed E-state index contributed by atoms with van der Waals surface area (Å²) in [6, 6.07) is 11.5. The van der Waals surface area contributed by atoms with Crippen molar-refractivity contribution in [2.45, 2.75) is 33.3 Å². The van der Waals surface area contributed by atoms with Gasteiger partial charge in [-0.1, -0.05) is 23.8 Å². The Kier molecular flexibility index (Phi) is 5.77. The van der Waals surface area contributed by atoms with E-state index in [1.54, 1.807) is 25.3 Å². The molecule has 0 atom stereocenters. The zero-order valence-corrected chi connectivity index (χ0v) is 13.8. The topological polar surface area (TPSA) is 58.6 Å². The van der Waals surface area contributed by atoms with Gasteiger partial charge in [-0.2, -0.15) is 0 Å². The first-order valence-electron chi connectivity index (χ1n) is 7.67. The van der Waals surface area contributed by atoms with Crippen LogP contribution >= 0.6 is 0 Å². The van der Waals surface area contributed by atoms with Gasteiger partial charge in [0.25, 0.3) is 0 Å². The molecule has 0 unspecified atom stereocenters. The van der Waals surface area contributed by atoms with Crippen molar-refractivity contribution in [1.82, 2.24) is 0 Å². The highest BCUT2D eigenvalue weighted by Gasteiger charge is 2.08. The average Bonchev–Trinajstić information content (AvgIpc) is 2.54. The predicted octanol–water partition coefficient (Wildman–Crippen LogP) is 3.38. The first kappa shape index (κ1) is 17.0. The molecule has 0 saturated carbocycles. The van der Waals surface area contributed by atoms with Crippen LogP contribution in [0.2, 0.25) is 0 Å².